The van der Waals surface area contributed by atoms with Crippen molar-refractivity contribution in [3.05, 3.63) is 0 Å². The van der Waals surface area contributed by atoms with Crippen LogP contribution in [0.3, 0.4) is 0 Å². The van der Waals surface area contributed by atoms with E-state index >= 15 is 0 Å². The molecule has 0 aromatic carbocycles. The predicted molar refractivity (Wildman–Crippen MR) is 49.5 cm³/mol. The molecular formula is C9H15F3N2O. The molecule has 1 heterocycles. The van der Waals surface area contributed by atoms with Crippen molar-refractivity contribution >= 4 is 6.03 Å². The first kappa shape index (κ1) is 12.1. The third-order valence-corrected chi connectivity index (χ3v) is 2.26. The second kappa shape index (κ2) is 3.57. The highest BCUT2D eigenvalue weighted by Crippen LogP contribution is 2.26. The predicted octanol–water partition coefficient (Wildman–Crippen LogP) is 2.13. The zero-order valence-corrected chi connectivity index (χ0v) is 8.98. The summed E-state index contributed by atoms with van der Waals surface area (Å²) in [6.07, 6.45) is -5.20. The number of urea groups is 1. The van der Waals surface area contributed by atoms with Crippen LogP contribution in [0, 0.1) is 0 Å². The Morgan fingerprint density at radius 3 is 2.27 bits per heavy atom. The summed E-state index contributed by atoms with van der Waals surface area (Å²) in [5, 5.41) is 2.33. The number of halogens is 3. The molecule has 0 aliphatic carbocycles. The second-order valence-corrected chi connectivity index (χ2v) is 4.75. The van der Waals surface area contributed by atoms with Crippen LogP contribution in [0.25, 0.3) is 0 Å². The lowest BCUT2D eigenvalue weighted by Gasteiger charge is -2.30. The normalized spacial score (nSPS) is 23.2. The molecule has 1 atom stereocenters. The molecule has 0 radical (unpaired) electrons. The Morgan fingerprint density at radius 1 is 1.40 bits per heavy atom. The maximum Gasteiger partial charge on any atom is 0.391 e. The molecule has 0 aromatic rings. The highest BCUT2D eigenvalue weighted by Gasteiger charge is 2.41. The molecule has 6 heteroatoms. The summed E-state index contributed by atoms with van der Waals surface area (Å²) in [7, 11) is 0. The van der Waals surface area contributed by atoms with E-state index in [0.29, 0.717) is 0 Å². The molecule has 0 unspecified atom stereocenters. The maximum absolute atomic E-state index is 12.1. The first-order valence-electron chi connectivity index (χ1n) is 4.74. The van der Waals surface area contributed by atoms with Gasteiger partial charge < -0.3 is 10.2 Å². The van der Waals surface area contributed by atoms with E-state index in [2.05, 4.69) is 5.32 Å². The molecule has 1 N–H and O–H groups in total. The molecule has 1 saturated heterocycles. The summed E-state index contributed by atoms with van der Waals surface area (Å²) in [5.41, 5.74) is -0.440. The number of hydrogen-bond donors (Lipinski definition) is 1. The van der Waals surface area contributed by atoms with Crippen LogP contribution in [0.2, 0.25) is 0 Å². The minimum Gasteiger partial charge on any atom is -0.333 e. The van der Waals surface area contributed by atoms with Gasteiger partial charge in [0.2, 0.25) is 0 Å². The van der Waals surface area contributed by atoms with E-state index in [1.54, 1.807) is 20.8 Å². The van der Waals surface area contributed by atoms with Gasteiger partial charge in [0.05, 0.1) is 12.5 Å². The minimum absolute atomic E-state index is 0.113. The zero-order chi connectivity index (χ0) is 11.9. The van der Waals surface area contributed by atoms with Crippen LogP contribution in [0.5, 0.6) is 0 Å². The summed E-state index contributed by atoms with van der Waals surface area (Å²) in [6.45, 7) is 5.50. The molecule has 88 valence electrons. The highest BCUT2D eigenvalue weighted by atomic mass is 19.4. The fourth-order valence-corrected chi connectivity index (χ4v) is 1.57. The average Bonchev–Trinajstić information content (AvgIpc) is 2.25. The van der Waals surface area contributed by atoms with Crippen LogP contribution in [-0.2, 0) is 0 Å². The van der Waals surface area contributed by atoms with Gasteiger partial charge in [-0.25, -0.2) is 4.79 Å². The van der Waals surface area contributed by atoms with Crippen molar-refractivity contribution in [1.82, 2.24) is 10.2 Å². The molecule has 0 aromatic heterocycles. The largest absolute Gasteiger partial charge is 0.391 e. The molecule has 0 spiro atoms. The molecule has 1 aliphatic rings. The Hall–Kier alpha value is -0.940. The fraction of sp³-hybridized carbons (Fsp3) is 0.889. The molecule has 1 fully saturated rings. The van der Waals surface area contributed by atoms with Crippen LogP contribution in [0.4, 0.5) is 18.0 Å². The summed E-state index contributed by atoms with van der Waals surface area (Å²) >= 11 is 0. The quantitative estimate of drug-likeness (QED) is 0.727. The number of nitrogens with zero attached hydrogens (tertiary/aromatic N) is 1. The standard InChI is InChI=1S/C9H15F3N2O/c1-8(2,3)14-5-6(13-7(14)15)4-9(10,11)12/h6H,4-5H2,1-3H3,(H,13,15)/t6-/m1/s1. The van der Waals surface area contributed by atoms with E-state index in [9.17, 15) is 18.0 Å². The molecule has 15 heavy (non-hydrogen) atoms. The summed E-state index contributed by atoms with van der Waals surface area (Å²) in [6, 6.07) is -1.24. The molecule has 0 saturated carbocycles. The Bertz CT molecular complexity index is 257. The third-order valence-electron chi connectivity index (χ3n) is 2.26. The van der Waals surface area contributed by atoms with Crippen molar-refractivity contribution in [3.63, 3.8) is 0 Å². The van der Waals surface area contributed by atoms with Crippen LogP contribution < -0.4 is 5.32 Å². The number of hydrogen-bond acceptors (Lipinski definition) is 1. The zero-order valence-electron chi connectivity index (χ0n) is 8.98. The number of rotatable bonds is 1. The van der Waals surface area contributed by atoms with Crippen molar-refractivity contribution in [2.45, 2.75) is 44.9 Å². The van der Waals surface area contributed by atoms with Gasteiger partial charge in [0.25, 0.3) is 0 Å². The molecule has 1 rings (SSSR count). The molecule has 2 amide bonds. The minimum atomic E-state index is -4.23. The first-order chi connectivity index (χ1) is 6.59. The lowest BCUT2D eigenvalue weighted by atomic mass is 10.1. The number of carbonyl (C=O) groups is 1. The van der Waals surface area contributed by atoms with Gasteiger partial charge in [-0.3, -0.25) is 0 Å². The lowest BCUT2D eigenvalue weighted by Crippen LogP contribution is -2.43. The first-order valence-corrected chi connectivity index (χ1v) is 4.74. The topological polar surface area (TPSA) is 32.3 Å². The van der Waals surface area contributed by atoms with Gasteiger partial charge in [-0.1, -0.05) is 0 Å². The average molecular weight is 224 g/mol. The van der Waals surface area contributed by atoms with Crippen LogP contribution in [-0.4, -0.2) is 35.2 Å². The smallest absolute Gasteiger partial charge is 0.333 e. The van der Waals surface area contributed by atoms with Gasteiger partial charge in [-0.15, -0.1) is 0 Å². The molecule has 3 nitrogen and oxygen atoms in total. The van der Waals surface area contributed by atoms with Crippen molar-refractivity contribution in [2.24, 2.45) is 0 Å². The van der Waals surface area contributed by atoms with E-state index in [4.69, 9.17) is 0 Å². The van der Waals surface area contributed by atoms with Gasteiger partial charge in [-0.2, -0.15) is 13.2 Å². The van der Waals surface area contributed by atoms with E-state index in [1.165, 1.54) is 4.90 Å². The summed E-state index contributed by atoms with van der Waals surface area (Å²) in [5.74, 6) is 0. The van der Waals surface area contributed by atoms with E-state index < -0.39 is 30.2 Å². The van der Waals surface area contributed by atoms with Crippen LogP contribution in [0.1, 0.15) is 27.2 Å². The fourth-order valence-electron chi connectivity index (χ4n) is 1.57. The van der Waals surface area contributed by atoms with Crippen LogP contribution in [0.15, 0.2) is 0 Å². The van der Waals surface area contributed by atoms with Crippen molar-refractivity contribution in [3.8, 4) is 0 Å². The number of amides is 2. The van der Waals surface area contributed by atoms with E-state index in [-0.39, 0.29) is 6.54 Å². The highest BCUT2D eigenvalue weighted by molar-refractivity contribution is 5.77. The van der Waals surface area contributed by atoms with E-state index in [0.717, 1.165) is 0 Å². The number of alkyl halides is 3. The van der Waals surface area contributed by atoms with Gasteiger partial charge in [0.15, 0.2) is 0 Å². The Kier molecular flexibility index (Phi) is 2.89. The molecule has 1 aliphatic heterocycles. The van der Waals surface area contributed by atoms with E-state index in [1.807, 2.05) is 0 Å². The van der Waals surface area contributed by atoms with Gasteiger partial charge in [0.1, 0.15) is 0 Å². The number of carbonyl (C=O) groups excluding carboxylic acids is 1. The third kappa shape index (κ3) is 3.28. The van der Waals surface area contributed by atoms with Crippen molar-refractivity contribution in [1.29, 1.82) is 0 Å². The monoisotopic (exact) mass is 224 g/mol. The summed E-state index contributed by atoms with van der Waals surface area (Å²) in [4.78, 5) is 12.8. The van der Waals surface area contributed by atoms with Crippen molar-refractivity contribution < 1.29 is 18.0 Å². The Morgan fingerprint density at radius 2 is 1.93 bits per heavy atom. The lowest BCUT2D eigenvalue weighted by molar-refractivity contribution is -0.138. The molecule has 0 bridgehead atoms. The molecular weight excluding hydrogens is 209 g/mol. The second-order valence-electron chi connectivity index (χ2n) is 4.75. The van der Waals surface area contributed by atoms with Crippen LogP contribution >= 0.6 is 0 Å². The number of nitrogens with one attached hydrogen (secondary N) is 1. The maximum atomic E-state index is 12.1. The van der Waals surface area contributed by atoms with Gasteiger partial charge in [-0.05, 0) is 20.8 Å². The Balaban J connectivity index is 2.61. The van der Waals surface area contributed by atoms with Gasteiger partial charge in [0, 0.05) is 12.1 Å². The summed E-state index contributed by atoms with van der Waals surface area (Å²) < 4.78 is 36.3. The SMILES string of the molecule is CC(C)(C)N1C[C@@H](CC(F)(F)F)NC1=O. The van der Waals surface area contributed by atoms with Crippen molar-refractivity contribution in [2.75, 3.05) is 6.54 Å². The van der Waals surface area contributed by atoms with Gasteiger partial charge >= 0.3 is 12.2 Å². The Labute approximate surface area is 86.6 Å².